The Kier molecular flexibility index (Phi) is 5.06. The topological polar surface area (TPSA) is 24.9 Å². The molecule has 1 aromatic carbocycles. The number of nitrogens with one attached hydrogen (secondary N) is 1. The Bertz CT molecular complexity index is 575. The zero-order chi connectivity index (χ0) is 13.1. The Hall–Kier alpha value is -0.100. The van der Waals surface area contributed by atoms with Gasteiger partial charge in [-0.25, -0.2) is 0 Å². The van der Waals surface area contributed by atoms with Crippen LogP contribution in [-0.4, -0.2) is 4.98 Å². The maximum Gasteiger partial charge on any atom is 0.0737 e. The van der Waals surface area contributed by atoms with Gasteiger partial charge in [0, 0.05) is 25.3 Å². The van der Waals surface area contributed by atoms with Crippen LogP contribution in [0.3, 0.4) is 0 Å². The number of hydrogen-bond acceptors (Lipinski definition) is 2. The minimum Gasteiger partial charge on any atom is -0.379 e. The van der Waals surface area contributed by atoms with E-state index in [2.05, 4.69) is 58.1 Å². The first-order valence-electron chi connectivity index (χ1n) is 5.05. The number of nitrogens with zero attached hydrogens (tertiary/aromatic N) is 1. The molecule has 0 atom stereocenters. The lowest BCUT2D eigenvalue weighted by Crippen LogP contribution is -2.02. The normalized spacial score (nSPS) is 10.4. The maximum absolute atomic E-state index is 5.94. The van der Waals surface area contributed by atoms with Gasteiger partial charge in [0.2, 0.25) is 0 Å². The molecule has 0 saturated carbocycles. The molecule has 1 heterocycles. The van der Waals surface area contributed by atoms with Crippen molar-refractivity contribution in [3.05, 3.63) is 54.6 Å². The molecule has 2 rings (SSSR count). The van der Waals surface area contributed by atoms with Crippen LogP contribution in [-0.2, 0) is 6.54 Å². The van der Waals surface area contributed by atoms with Gasteiger partial charge in [0.05, 0.1) is 17.3 Å². The van der Waals surface area contributed by atoms with E-state index in [-0.39, 0.29) is 0 Å². The first-order chi connectivity index (χ1) is 8.56. The molecule has 0 bridgehead atoms. The molecule has 2 nitrogen and oxygen atoms in total. The van der Waals surface area contributed by atoms with E-state index in [0.717, 1.165) is 24.8 Å². The molecule has 0 unspecified atom stereocenters. The third-order valence-corrected chi connectivity index (χ3v) is 4.60. The summed E-state index contributed by atoms with van der Waals surface area (Å²) in [5.41, 5.74) is 1.94. The van der Waals surface area contributed by atoms with Crippen molar-refractivity contribution in [2.75, 3.05) is 5.32 Å². The number of rotatable bonds is 3. The van der Waals surface area contributed by atoms with Crippen LogP contribution >= 0.6 is 59.4 Å². The van der Waals surface area contributed by atoms with Crippen LogP contribution in [0.2, 0.25) is 5.02 Å². The molecule has 0 aliphatic heterocycles. The molecule has 0 spiro atoms. The van der Waals surface area contributed by atoms with E-state index < -0.39 is 0 Å². The fourth-order valence-corrected chi connectivity index (χ4v) is 2.99. The van der Waals surface area contributed by atoms with Crippen molar-refractivity contribution in [2.45, 2.75) is 6.54 Å². The van der Waals surface area contributed by atoms with Gasteiger partial charge in [0.15, 0.2) is 0 Å². The molecule has 0 amide bonds. The quantitative estimate of drug-likeness (QED) is 0.649. The second-order valence-electron chi connectivity index (χ2n) is 3.56. The Morgan fingerprint density at radius 2 is 1.89 bits per heavy atom. The summed E-state index contributed by atoms with van der Waals surface area (Å²) in [6.45, 7) is 0.641. The molecular formula is C12H8Br3ClN2. The van der Waals surface area contributed by atoms with Gasteiger partial charge in [-0.1, -0.05) is 11.6 Å². The van der Waals surface area contributed by atoms with Crippen LogP contribution in [0.25, 0.3) is 0 Å². The van der Waals surface area contributed by atoms with Crippen LogP contribution in [0.5, 0.6) is 0 Å². The summed E-state index contributed by atoms with van der Waals surface area (Å²) < 4.78 is 2.79. The zero-order valence-electron chi connectivity index (χ0n) is 9.05. The average molecular weight is 455 g/mol. The molecule has 1 aromatic heterocycles. The van der Waals surface area contributed by atoms with Crippen LogP contribution in [0.1, 0.15) is 5.69 Å². The van der Waals surface area contributed by atoms with E-state index in [0.29, 0.717) is 11.6 Å². The molecule has 0 saturated heterocycles. The van der Waals surface area contributed by atoms with E-state index >= 15 is 0 Å². The van der Waals surface area contributed by atoms with Gasteiger partial charge in [0.25, 0.3) is 0 Å². The fourth-order valence-electron chi connectivity index (χ4n) is 1.36. The second-order valence-corrected chi connectivity index (χ2v) is 6.60. The summed E-state index contributed by atoms with van der Waals surface area (Å²) in [6.07, 6.45) is 1.78. The van der Waals surface area contributed by atoms with Gasteiger partial charge < -0.3 is 5.32 Å². The molecule has 0 aliphatic rings. The molecule has 0 aliphatic carbocycles. The van der Waals surface area contributed by atoms with Crippen LogP contribution in [0, 0.1) is 0 Å². The summed E-state index contributed by atoms with van der Waals surface area (Å²) in [4.78, 5) is 4.34. The standard InChI is InChI=1S/C12H8Br3ClN2/c13-7-3-10(15)12(18-5-7)6-17-8-1-2-11(16)9(14)4-8/h1-5,17H,6H2. The molecule has 0 fully saturated rings. The van der Waals surface area contributed by atoms with Gasteiger partial charge in [-0.2, -0.15) is 0 Å². The van der Waals surface area contributed by atoms with E-state index in [1.807, 2.05) is 24.3 Å². The minimum absolute atomic E-state index is 0.641. The average Bonchev–Trinajstić information content (AvgIpc) is 2.32. The van der Waals surface area contributed by atoms with Crippen molar-refractivity contribution in [1.29, 1.82) is 0 Å². The molecule has 18 heavy (non-hydrogen) atoms. The number of benzene rings is 1. The molecule has 0 radical (unpaired) electrons. The Morgan fingerprint density at radius 1 is 1.11 bits per heavy atom. The Morgan fingerprint density at radius 3 is 2.56 bits per heavy atom. The van der Waals surface area contributed by atoms with Crippen molar-refractivity contribution in [1.82, 2.24) is 4.98 Å². The molecule has 94 valence electrons. The lowest BCUT2D eigenvalue weighted by atomic mass is 10.3. The summed E-state index contributed by atoms with van der Waals surface area (Å²) in [7, 11) is 0. The highest BCUT2D eigenvalue weighted by atomic mass is 79.9. The largest absolute Gasteiger partial charge is 0.379 e. The Balaban J connectivity index is 2.09. The van der Waals surface area contributed by atoms with E-state index in [9.17, 15) is 0 Å². The summed E-state index contributed by atoms with van der Waals surface area (Å²) in [5.74, 6) is 0. The van der Waals surface area contributed by atoms with Gasteiger partial charge >= 0.3 is 0 Å². The van der Waals surface area contributed by atoms with Crippen LogP contribution in [0.4, 0.5) is 5.69 Å². The first-order valence-corrected chi connectivity index (χ1v) is 7.81. The summed E-state index contributed by atoms with van der Waals surface area (Å²) >= 11 is 16.2. The predicted octanol–water partition coefficient (Wildman–Crippen LogP) is 5.63. The molecule has 1 N–H and O–H groups in total. The first kappa shape index (κ1) is 14.3. The van der Waals surface area contributed by atoms with Crippen molar-refractivity contribution in [3.8, 4) is 0 Å². The number of halogens is 4. The lowest BCUT2D eigenvalue weighted by Gasteiger charge is -2.08. The van der Waals surface area contributed by atoms with Crippen LogP contribution < -0.4 is 5.32 Å². The van der Waals surface area contributed by atoms with Crippen LogP contribution in [0.15, 0.2) is 43.9 Å². The van der Waals surface area contributed by atoms with E-state index in [1.54, 1.807) is 6.20 Å². The summed E-state index contributed by atoms with van der Waals surface area (Å²) in [6, 6.07) is 7.69. The molecular weight excluding hydrogens is 447 g/mol. The fraction of sp³-hybridized carbons (Fsp3) is 0.0833. The SMILES string of the molecule is Clc1ccc(NCc2ncc(Br)cc2Br)cc1Br. The number of hydrogen-bond donors (Lipinski definition) is 1. The monoisotopic (exact) mass is 452 g/mol. The number of pyridine rings is 1. The van der Waals surface area contributed by atoms with Crippen molar-refractivity contribution < 1.29 is 0 Å². The number of aromatic nitrogens is 1. The Labute approximate surface area is 136 Å². The van der Waals surface area contributed by atoms with Crippen molar-refractivity contribution >= 4 is 65.1 Å². The predicted molar refractivity (Wildman–Crippen MR) is 86.1 cm³/mol. The molecule has 6 heteroatoms. The maximum atomic E-state index is 5.94. The zero-order valence-corrected chi connectivity index (χ0v) is 14.6. The highest BCUT2D eigenvalue weighted by molar-refractivity contribution is 9.11. The smallest absolute Gasteiger partial charge is 0.0737 e. The molecule has 2 aromatic rings. The van der Waals surface area contributed by atoms with Crippen molar-refractivity contribution in [2.24, 2.45) is 0 Å². The third kappa shape index (κ3) is 3.70. The van der Waals surface area contributed by atoms with Gasteiger partial charge in [-0.05, 0) is 72.1 Å². The van der Waals surface area contributed by atoms with E-state index in [4.69, 9.17) is 11.6 Å². The van der Waals surface area contributed by atoms with Gasteiger partial charge in [0.1, 0.15) is 0 Å². The number of anilines is 1. The minimum atomic E-state index is 0.641. The second kappa shape index (κ2) is 6.37. The third-order valence-electron chi connectivity index (χ3n) is 2.26. The van der Waals surface area contributed by atoms with Gasteiger partial charge in [-0.3, -0.25) is 4.98 Å². The summed E-state index contributed by atoms with van der Waals surface area (Å²) in [5, 5.41) is 3.99. The highest BCUT2D eigenvalue weighted by Crippen LogP contribution is 2.26. The highest BCUT2D eigenvalue weighted by Gasteiger charge is 2.03. The van der Waals surface area contributed by atoms with Gasteiger partial charge in [-0.15, -0.1) is 0 Å². The van der Waals surface area contributed by atoms with E-state index in [1.165, 1.54) is 0 Å². The lowest BCUT2D eigenvalue weighted by molar-refractivity contribution is 1.03. The van der Waals surface area contributed by atoms with Crippen molar-refractivity contribution in [3.63, 3.8) is 0 Å².